The highest BCUT2D eigenvalue weighted by molar-refractivity contribution is 7.92. The zero-order chi connectivity index (χ0) is 14.8. The fourth-order valence-electron chi connectivity index (χ4n) is 1.87. The molecular weight excluding hydrogens is 281 g/mol. The van der Waals surface area contributed by atoms with Gasteiger partial charge in [0.25, 0.3) is 10.0 Å². The van der Waals surface area contributed by atoms with Crippen LogP contribution in [0.2, 0.25) is 0 Å². The summed E-state index contributed by atoms with van der Waals surface area (Å²) in [4.78, 5) is 0.0430. The average molecular weight is 295 g/mol. The highest BCUT2D eigenvalue weighted by atomic mass is 32.2. The minimum atomic E-state index is -3.78. The van der Waals surface area contributed by atoms with Crippen LogP contribution in [0.5, 0.6) is 5.75 Å². The van der Waals surface area contributed by atoms with Gasteiger partial charge in [0.05, 0.1) is 10.6 Å². The van der Waals surface area contributed by atoms with Gasteiger partial charge in [-0.25, -0.2) is 12.8 Å². The maximum absolute atomic E-state index is 13.3. The van der Waals surface area contributed by atoms with Gasteiger partial charge in [-0.3, -0.25) is 4.31 Å². The zero-order valence-corrected chi connectivity index (χ0v) is 11.6. The van der Waals surface area contributed by atoms with E-state index < -0.39 is 15.8 Å². The highest BCUT2D eigenvalue weighted by Crippen LogP contribution is 2.25. The first-order chi connectivity index (χ1) is 9.45. The minimum absolute atomic E-state index is 0.0160. The van der Waals surface area contributed by atoms with Gasteiger partial charge in [-0.2, -0.15) is 0 Å². The summed E-state index contributed by atoms with van der Waals surface area (Å²) < 4.78 is 39.4. The van der Waals surface area contributed by atoms with Gasteiger partial charge >= 0.3 is 0 Å². The van der Waals surface area contributed by atoms with E-state index in [1.54, 1.807) is 6.92 Å². The lowest BCUT2D eigenvalue weighted by Crippen LogP contribution is -2.30. The Balaban J connectivity index is 2.47. The number of phenols is 1. The Bertz CT molecular complexity index is 699. The number of hydrogen-bond acceptors (Lipinski definition) is 3. The normalized spacial score (nSPS) is 11.3. The summed E-state index contributed by atoms with van der Waals surface area (Å²) in [6, 6.07) is 10.6. The molecule has 6 heteroatoms. The predicted octanol–water partition coefficient (Wildman–Crippen LogP) is 2.75. The van der Waals surface area contributed by atoms with Crippen molar-refractivity contribution in [3.05, 3.63) is 54.3 Å². The van der Waals surface area contributed by atoms with Crippen molar-refractivity contribution in [1.82, 2.24) is 0 Å². The molecule has 2 rings (SSSR count). The molecule has 2 aromatic carbocycles. The molecule has 0 fully saturated rings. The monoisotopic (exact) mass is 295 g/mol. The molecule has 0 radical (unpaired) electrons. The first kappa shape index (κ1) is 14.3. The summed E-state index contributed by atoms with van der Waals surface area (Å²) >= 11 is 0. The van der Waals surface area contributed by atoms with Gasteiger partial charge in [0, 0.05) is 6.54 Å². The van der Waals surface area contributed by atoms with Gasteiger partial charge in [-0.1, -0.05) is 6.07 Å². The van der Waals surface area contributed by atoms with Crippen LogP contribution in [0.25, 0.3) is 0 Å². The van der Waals surface area contributed by atoms with E-state index in [1.807, 2.05) is 0 Å². The van der Waals surface area contributed by atoms with Crippen LogP contribution in [0.4, 0.5) is 10.1 Å². The number of hydrogen-bond donors (Lipinski definition) is 1. The Kier molecular flexibility index (Phi) is 3.94. The zero-order valence-electron chi connectivity index (χ0n) is 10.8. The number of nitrogens with zero attached hydrogens (tertiary/aromatic N) is 1. The third kappa shape index (κ3) is 2.75. The lowest BCUT2D eigenvalue weighted by molar-refractivity contribution is 0.475. The average Bonchev–Trinajstić information content (AvgIpc) is 2.40. The van der Waals surface area contributed by atoms with E-state index in [2.05, 4.69) is 0 Å². The van der Waals surface area contributed by atoms with Crippen LogP contribution < -0.4 is 4.31 Å². The van der Waals surface area contributed by atoms with Crippen LogP contribution in [-0.2, 0) is 10.0 Å². The van der Waals surface area contributed by atoms with E-state index >= 15 is 0 Å². The molecule has 1 N–H and O–H groups in total. The summed E-state index contributed by atoms with van der Waals surface area (Å²) in [5.74, 6) is -0.514. The van der Waals surface area contributed by atoms with Gasteiger partial charge in [0.2, 0.25) is 0 Å². The maximum Gasteiger partial charge on any atom is 0.264 e. The van der Waals surface area contributed by atoms with Gasteiger partial charge in [0.1, 0.15) is 11.6 Å². The maximum atomic E-state index is 13.3. The summed E-state index contributed by atoms with van der Waals surface area (Å²) in [6.45, 7) is 1.84. The number of halogens is 1. The van der Waals surface area contributed by atoms with Crippen LogP contribution in [0.1, 0.15) is 6.92 Å². The van der Waals surface area contributed by atoms with Crippen molar-refractivity contribution >= 4 is 15.7 Å². The van der Waals surface area contributed by atoms with Crippen LogP contribution >= 0.6 is 0 Å². The molecule has 0 amide bonds. The molecule has 0 aliphatic rings. The molecule has 2 aromatic rings. The van der Waals surface area contributed by atoms with E-state index in [4.69, 9.17) is 0 Å². The lowest BCUT2D eigenvalue weighted by atomic mass is 10.3. The first-order valence-electron chi connectivity index (χ1n) is 6.02. The van der Waals surface area contributed by atoms with E-state index in [0.717, 1.165) is 4.31 Å². The smallest absolute Gasteiger partial charge is 0.264 e. The SMILES string of the molecule is CCN(c1cccc(F)c1)S(=O)(=O)c1ccc(O)cc1. The topological polar surface area (TPSA) is 57.6 Å². The number of rotatable bonds is 4. The minimum Gasteiger partial charge on any atom is -0.508 e. The second kappa shape index (κ2) is 5.50. The molecule has 0 saturated heterocycles. The molecule has 0 unspecified atom stereocenters. The molecule has 0 aliphatic heterocycles. The number of sulfonamides is 1. The molecule has 4 nitrogen and oxygen atoms in total. The Morgan fingerprint density at radius 3 is 2.35 bits per heavy atom. The van der Waals surface area contributed by atoms with Crippen LogP contribution in [0, 0.1) is 5.82 Å². The standard InChI is InChI=1S/C14H14FNO3S/c1-2-16(12-5-3-4-11(15)10-12)20(18,19)14-8-6-13(17)7-9-14/h3-10,17H,2H2,1H3. The van der Waals surface area contributed by atoms with Gasteiger partial charge in [0.15, 0.2) is 0 Å². The molecule has 0 aliphatic carbocycles. The summed E-state index contributed by atoms with van der Waals surface area (Å²) in [7, 11) is -3.78. The second-order valence-corrected chi connectivity index (χ2v) is 6.01. The van der Waals surface area contributed by atoms with Crippen molar-refractivity contribution in [1.29, 1.82) is 0 Å². The molecule has 0 bridgehead atoms. The van der Waals surface area contributed by atoms with E-state index in [-0.39, 0.29) is 22.9 Å². The predicted molar refractivity (Wildman–Crippen MR) is 74.7 cm³/mol. The molecule has 0 saturated carbocycles. The fraction of sp³-hybridized carbons (Fsp3) is 0.143. The fourth-order valence-corrected chi connectivity index (χ4v) is 3.33. The van der Waals surface area contributed by atoms with E-state index in [0.29, 0.717) is 0 Å². The molecule has 106 valence electrons. The third-order valence-electron chi connectivity index (χ3n) is 2.81. The molecule has 20 heavy (non-hydrogen) atoms. The molecule has 0 aromatic heterocycles. The number of aromatic hydroxyl groups is 1. The van der Waals surface area contributed by atoms with E-state index in [9.17, 15) is 17.9 Å². The number of phenolic OH excluding ortho intramolecular Hbond substituents is 1. The molecule has 0 spiro atoms. The van der Waals surface area contributed by atoms with Crippen molar-refractivity contribution < 1.29 is 17.9 Å². The largest absolute Gasteiger partial charge is 0.508 e. The first-order valence-corrected chi connectivity index (χ1v) is 7.46. The second-order valence-electron chi connectivity index (χ2n) is 4.14. The van der Waals surface area contributed by atoms with Crippen molar-refractivity contribution in [2.75, 3.05) is 10.8 Å². The summed E-state index contributed by atoms with van der Waals surface area (Å²) in [5.41, 5.74) is 0.264. The van der Waals surface area contributed by atoms with Gasteiger partial charge < -0.3 is 5.11 Å². The van der Waals surface area contributed by atoms with Crippen molar-refractivity contribution in [3.8, 4) is 5.75 Å². The molecular formula is C14H14FNO3S. The molecule has 0 atom stereocenters. The Labute approximate surface area is 117 Å². The van der Waals surface area contributed by atoms with Gasteiger partial charge in [-0.15, -0.1) is 0 Å². The summed E-state index contributed by atoms with van der Waals surface area (Å²) in [5, 5.41) is 9.21. The Morgan fingerprint density at radius 1 is 1.15 bits per heavy atom. The quantitative estimate of drug-likeness (QED) is 0.943. The Morgan fingerprint density at radius 2 is 1.80 bits per heavy atom. The van der Waals surface area contributed by atoms with Crippen molar-refractivity contribution in [3.63, 3.8) is 0 Å². The lowest BCUT2D eigenvalue weighted by Gasteiger charge is -2.22. The highest BCUT2D eigenvalue weighted by Gasteiger charge is 2.23. The van der Waals surface area contributed by atoms with Crippen LogP contribution in [-0.4, -0.2) is 20.1 Å². The number of benzene rings is 2. The van der Waals surface area contributed by atoms with Crippen LogP contribution in [0.15, 0.2) is 53.4 Å². The van der Waals surface area contributed by atoms with Gasteiger partial charge in [-0.05, 0) is 49.4 Å². The van der Waals surface area contributed by atoms with Crippen molar-refractivity contribution in [2.45, 2.75) is 11.8 Å². The third-order valence-corrected chi connectivity index (χ3v) is 4.73. The molecule has 0 heterocycles. The Hall–Kier alpha value is -2.08. The van der Waals surface area contributed by atoms with Crippen molar-refractivity contribution in [2.24, 2.45) is 0 Å². The van der Waals surface area contributed by atoms with Crippen LogP contribution in [0.3, 0.4) is 0 Å². The van der Waals surface area contributed by atoms with E-state index in [1.165, 1.54) is 48.5 Å². The number of anilines is 1. The summed E-state index contributed by atoms with van der Waals surface area (Å²) in [6.07, 6.45) is 0.